The van der Waals surface area contributed by atoms with Gasteiger partial charge in [0.25, 0.3) is 0 Å². The molecule has 1 fully saturated rings. The Morgan fingerprint density at radius 1 is 1.38 bits per heavy atom. The van der Waals surface area contributed by atoms with Gasteiger partial charge in [-0.05, 0) is 30.9 Å². The predicted molar refractivity (Wildman–Crippen MR) is 53.2 cm³/mol. The van der Waals surface area contributed by atoms with Crippen LogP contribution < -0.4 is 5.73 Å². The minimum absolute atomic E-state index is 0.141. The van der Waals surface area contributed by atoms with Crippen molar-refractivity contribution in [3.05, 3.63) is 34.9 Å². The molecule has 1 aliphatic rings. The molecule has 0 unspecified atom stereocenters. The summed E-state index contributed by atoms with van der Waals surface area (Å²) in [6.45, 7) is 0. The molecule has 86 valence electrons. The molecule has 0 aliphatic heterocycles. The number of carboxylic acids is 1. The van der Waals surface area contributed by atoms with E-state index in [0.29, 0.717) is 0 Å². The third-order valence-electron chi connectivity index (χ3n) is 2.83. The molecule has 0 amide bonds. The lowest BCUT2D eigenvalue weighted by Crippen LogP contribution is -2.25. The molecule has 0 aromatic heterocycles. The number of rotatable bonds is 3. The third-order valence-corrected chi connectivity index (χ3v) is 2.83. The minimum atomic E-state index is -1.48. The van der Waals surface area contributed by atoms with Crippen molar-refractivity contribution < 1.29 is 18.7 Å². The summed E-state index contributed by atoms with van der Waals surface area (Å²) >= 11 is 0. The zero-order chi connectivity index (χ0) is 11.9. The van der Waals surface area contributed by atoms with Crippen molar-refractivity contribution in [1.82, 2.24) is 0 Å². The SMILES string of the molecule is NC1(Cc2ccc(C(=O)O)c(F)c2F)CC1. The van der Waals surface area contributed by atoms with E-state index in [1.54, 1.807) is 0 Å². The largest absolute Gasteiger partial charge is 0.478 e. The lowest BCUT2D eigenvalue weighted by molar-refractivity contribution is 0.0690. The van der Waals surface area contributed by atoms with Crippen LogP contribution in [-0.2, 0) is 6.42 Å². The summed E-state index contributed by atoms with van der Waals surface area (Å²) in [5, 5.41) is 8.59. The highest BCUT2D eigenvalue weighted by Gasteiger charge is 2.39. The Bertz CT molecular complexity index is 456. The van der Waals surface area contributed by atoms with Crippen molar-refractivity contribution in [3.8, 4) is 0 Å². The van der Waals surface area contributed by atoms with Gasteiger partial charge >= 0.3 is 5.97 Å². The van der Waals surface area contributed by atoms with Gasteiger partial charge in [-0.3, -0.25) is 0 Å². The van der Waals surface area contributed by atoms with Gasteiger partial charge in [-0.2, -0.15) is 0 Å². The monoisotopic (exact) mass is 227 g/mol. The number of hydrogen-bond acceptors (Lipinski definition) is 2. The summed E-state index contributed by atoms with van der Waals surface area (Å²) in [5.74, 6) is -3.89. The number of aromatic carboxylic acids is 1. The van der Waals surface area contributed by atoms with Crippen LogP contribution in [0.4, 0.5) is 8.78 Å². The average Bonchev–Trinajstić information content (AvgIpc) is 2.91. The molecule has 0 radical (unpaired) electrons. The number of carbonyl (C=O) groups is 1. The van der Waals surface area contributed by atoms with Gasteiger partial charge in [0.15, 0.2) is 11.6 Å². The van der Waals surface area contributed by atoms with Crippen LogP contribution in [0, 0.1) is 11.6 Å². The maximum Gasteiger partial charge on any atom is 0.338 e. The molecule has 16 heavy (non-hydrogen) atoms. The molecule has 0 bridgehead atoms. The fourth-order valence-electron chi connectivity index (χ4n) is 1.61. The summed E-state index contributed by atoms with van der Waals surface area (Å²) in [4.78, 5) is 10.6. The Kier molecular flexibility index (Phi) is 2.42. The van der Waals surface area contributed by atoms with Gasteiger partial charge in [-0.25, -0.2) is 13.6 Å². The van der Waals surface area contributed by atoms with E-state index < -0.39 is 28.7 Å². The zero-order valence-electron chi connectivity index (χ0n) is 8.46. The van der Waals surface area contributed by atoms with Gasteiger partial charge < -0.3 is 10.8 Å². The van der Waals surface area contributed by atoms with Crippen molar-refractivity contribution in [2.45, 2.75) is 24.8 Å². The van der Waals surface area contributed by atoms with Crippen molar-refractivity contribution in [1.29, 1.82) is 0 Å². The second-order valence-electron chi connectivity index (χ2n) is 4.24. The summed E-state index contributed by atoms with van der Waals surface area (Å²) in [6.07, 6.45) is 1.82. The number of nitrogens with two attached hydrogens (primary N) is 1. The fourth-order valence-corrected chi connectivity index (χ4v) is 1.61. The number of benzene rings is 1. The lowest BCUT2D eigenvalue weighted by Gasteiger charge is -2.10. The van der Waals surface area contributed by atoms with Crippen LogP contribution in [0.15, 0.2) is 12.1 Å². The number of halogens is 2. The first-order chi connectivity index (χ1) is 7.43. The van der Waals surface area contributed by atoms with Crippen LogP contribution in [0.3, 0.4) is 0 Å². The average molecular weight is 227 g/mol. The van der Waals surface area contributed by atoms with Gasteiger partial charge in [0.05, 0.1) is 5.56 Å². The lowest BCUT2D eigenvalue weighted by atomic mass is 10.0. The van der Waals surface area contributed by atoms with E-state index in [2.05, 4.69) is 0 Å². The van der Waals surface area contributed by atoms with E-state index in [-0.39, 0.29) is 12.0 Å². The molecule has 1 aromatic carbocycles. The Morgan fingerprint density at radius 2 is 2.00 bits per heavy atom. The summed E-state index contributed by atoms with van der Waals surface area (Å²) in [6, 6.07) is 2.36. The fraction of sp³-hybridized carbons (Fsp3) is 0.364. The minimum Gasteiger partial charge on any atom is -0.478 e. The molecule has 0 spiro atoms. The third kappa shape index (κ3) is 1.90. The number of hydrogen-bond donors (Lipinski definition) is 2. The van der Waals surface area contributed by atoms with Gasteiger partial charge in [0, 0.05) is 5.54 Å². The quantitative estimate of drug-likeness (QED) is 0.826. The van der Waals surface area contributed by atoms with Crippen LogP contribution in [0.25, 0.3) is 0 Å². The summed E-state index contributed by atoms with van der Waals surface area (Å²) in [5.41, 5.74) is 4.85. The highest BCUT2D eigenvalue weighted by molar-refractivity contribution is 5.88. The van der Waals surface area contributed by atoms with E-state index in [0.717, 1.165) is 18.9 Å². The van der Waals surface area contributed by atoms with Crippen molar-refractivity contribution in [3.63, 3.8) is 0 Å². The highest BCUT2D eigenvalue weighted by Crippen LogP contribution is 2.36. The molecule has 0 saturated heterocycles. The van der Waals surface area contributed by atoms with Gasteiger partial charge in [-0.1, -0.05) is 6.07 Å². The second-order valence-corrected chi connectivity index (χ2v) is 4.24. The van der Waals surface area contributed by atoms with Crippen molar-refractivity contribution in [2.75, 3.05) is 0 Å². The van der Waals surface area contributed by atoms with E-state index in [9.17, 15) is 13.6 Å². The topological polar surface area (TPSA) is 63.3 Å². The molecular formula is C11H11F2NO2. The van der Waals surface area contributed by atoms with Crippen molar-refractivity contribution >= 4 is 5.97 Å². The summed E-state index contributed by atoms with van der Waals surface area (Å²) in [7, 11) is 0. The molecule has 1 saturated carbocycles. The maximum atomic E-state index is 13.5. The molecule has 3 N–H and O–H groups in total. The normalized spacial score (nSPS) is 17.2. The van der Waals surface area contributed by atoms with Crippen LogP contribution in [0.2, 0.25) is 0 Å². The molecular weight excluding hydrogens is 216 g/mol. The number of carboxylic acid groups (broad SMARTS) is 1. The molecule has 2 rings (SSSR count). The first-order valence-electron chi connectivity index (χ1n) is 4.92. The predicted octanol–water partition coefficient (Wildman–Crippen LogP) is 1.70. The van der Waals surface area contributed by atoms with Crippen molar-refractivity contribution in [2.24, 2.45) is 5.73 Å². The molecule has 0 heterocycles. The zero-order valence-corrected chi connectivity index (χ0v) is 8.46. The second kappa shape index (κ2) is 3.52. The standard InChI is InChI=1S/C11H11F2NO2/c12-8-6(5-11(14)3-4-11)1-2-7(9(8)13)10(15)16/h1-2H,3-5,14H2,(H,15,16). The Balaban J connectivity index is 2.34. The molecule has 3 nitrogen and oxygen atoms in total. The van der Waals surface area contributed by atoms with Crippen LogP contribution >= 0.6 is 0 Å². The van der Waals surface area contributed by atoms with Crippen LogP contribution in [-0.4, -0.2) is 16.6 Å². The van der Waals surface area contributed by atoms with E-state index >= 15 is 0 Å². The van der Waals surface area contributed by atoms with Gasteiger partial charge in [0.1, 0.15) is 0 Å². The Labute approximate surface area is 90.9 Å². The maximum absolute atomic E-state index is 13.5. The summed E-state index contributed by atoms with van der Waals surface area (Å²) < 4.78 is 26.8. The smallest absolute Gasteiger partial charge is 0.338 e. The van der Waals surface area contributed by atoms with E-state index in [1.807, 2.05) is 0 Å². The van der Waals surface area contributed by atoms with Crippen LogP contribution in [0.1, 0.15) is 28.8 Å². The highest BCUT2D eigenvalue weighted by atomic mass is 19.2. The Morgan fingerprint density at radius 3 is 2.50 bits per heavy atom. The molecule has 5 heteroatoms. The first kappa shape index (κ1) is 11.0. The van der Waals surface area contributed by atoms with Gasteiger partial charge in [-0.15, -0.1) is 0 Å². The van der Waals surface area contributed by atoms with Crippen LogP contribution in [0.5, 0.6) is 0 Å². The Hall–Kier alpha value is -1.49. The van der Waals surface area contributed by atoms with Gasteiger partial charge in [0.2, 0.25) is 0 Å². The molecule has 0 atom stereocenters. The van der Waals surface area contributed by atoms with E-state index in [1.165, 1.54) is 6.07 Å². The molecule has 1 aromatic rings. The first-order valence-corrected chi connectivity index (χ1v) is 4.92. The molecule has 1 aliphatic carbocycles. The van der Waals surface area contributed by atoms with E-state index in [4.69, 9.17) is 10.8 Å².